The molecule has 0 spiro atoms. The highest BCUT2D eigenvalue weighted by molar-refractivity contribution is 5.93. The van der Waals surface area contributed by atoms with Gasteiger partial charge in [0.15, 0.2) is 17.5 Å². The number of nitrogens with one attached hydrogen (secondary N) is 2. The molecule has 156 valence electrons. The van der Waals surface area contributed by atoms with Crippen molar-refractivity contribution in [2.75, 3.05) is 51.3 Å². The maximum absolute atomic E-state index is 12.5. The highest BCUT2D eigenvalue weighted by Gasteiger charge is 2.34. The van der Waals surface area contributed by atoms with Crippen LogP contribution in [0.15, 0.2) is 23.2 Å². The van der Waals surface area contributed by atoms with Crippen LogP contribution in [0.4, 0.5) is 18.9 Å². The van der Waals surface area contributed by atoms with Gasteiger partial charge in [-0.15, -0.1) is 0 Å². The summed E-state index contributed by atoms with van der Waals surface area (Å²) < 4.78 is 48.9. The fourth-order valence-corrected chi connectivity index (χ4v) is 3.36. The Hall–Kier alpha value is -2.16. The number of ether oxygens (including phenoxy) is 2. The molecule has 2 aliphatic heterocycles. The van der Waals surface area contributed by atoms with Gasteiger partial charge >= 0.3 is 6.18 Å². The van der Waals surface area contributed by atoms with Crippen LogP contribution in [0.3, 0.4) is 0 Å². The quantitative estimate of drug-likeness (QED) is 0.588. The van der Waals surface area contributed by atoms with Crippen molar-refractivity contribution >= 4 is 11.6 Å². The van der Waals surface area contributed by atoms with Gasteiger partial charge in [0.1, 0.15) is 0 Å². The maximum Gasteiger partial charge on any atom is 0.401 e. The molecular weight excluding hydrogens is 373 g/mol. The maximum atomic E-state index is 12.5. The lowest BCUT2D eigenvalue weighted by Crippen LogP contribution is -2.33. The third-order valence-electron chi connectivity index (χ3n) is 4.63. The average Bonchev–Trinajstić information content (AvgIpc) is 2.93. The number of halogens is 3. The molecule has 1 atom stereocenters. The van der Waals surface area contributed by atoms with Gasteiger partial charge in [-0.1, -0.05) is 0 Å². The normalized spacial score (nSPS) is 20.7. The molecule has 0 amide bonds. The van der Waals surface area contributed by atoms with Crippen LogP contribution >= 0.6 is 0 Å². The van der Waals surface area contributed by atoms with Crippen LogP contribution in [-0.4, -0.2) is 63.0 Å². The summed E-state index contributed by atoms with van der Waals surface area (Å²) in [5.74, 6) is 2.14. The third-order valence-corrected chi connectivity index (χ3v) is 4.63. The number of likely N-dealkylation sites (tertiary alicyclic amines) is 1. The van der Waals surface area contributed by atoms with Crippen LogP contribution in [0.25, 0.3) is 0 Å². The van der Waals surface area contributed by atoms with Gasteiger partial charge in [0, 0.05) is 37.8 Å². The zero-order chi connectivity index (χ0) is 20.0. The van der Waals surface area contributed by atoms with Gasteiger partial charge in [-0.05, 0) is 37.9 Å². The number of fused-ring (bicyclic) bond motifs is 1. The van der Waals surface area contributed by atoms with Crippen molar-refractivity contribution in [2.24, 2.45) is 10.9 Å². The Balaban J connectivity index is 1.58. The molecule has 0 saturated carbocycles. The molecule has 28 heavy (non-hydrogen) atoms. The largest absolute Gasteiger partial charge is 0.490 e. The summed E-state index contributed by atoms with van der Waals surface area (Å²) in [6, 6.07) is 5.62. The summed E-state index contributed by atoms with van der Waals surface area (Å²) in [5, 5.41) is 6.40. The van der Waals surface area contributed by atoms with E-state index in [0.717, 1.165) is 24.3 Å². The lowest BCUT2D eigenvalue weighted by atomic mass is 10.1. The SMILES string of the molecule is CCNC(=NCC1CCN(CC(F)(F)F)C1)Nc1ccc2c(c1)OCCCO2. The Morgan fingerprint density at radius 1 is 1.25 bits per heavy atom. The monoisotopic (exact) mass is 400 g/mol. The van der Waals surface area contributed by atoms with Crippen LogP contribution in [0.2, 0.25) is 0 Å². The molecule has 1 aromatic rings. The van der Waals surface area contributed by atoms with Gasteiger partial charge < -0.3 is 20.1 Å². The first-order valence-electron chi connectivity index (χ1n) is 9.67. The molecule has 9 heteroatoms. The fraction of sp³-hybridized carbons (Fsp3) is 0.632. The molecule has 2 N–H and O–H groups in total. The molecule has 0 radical (unpaired) electrons. The number of anilines is 1. The molecule has 6 nitrogen and oxygen atoms in total. The van der Waals surface area contributed by atoms with Crippen molar-refractivity contribution in [1.29, 1.82) is 0 Å². The Kier molecular flexibility index (Phi) is 6.88. The first kappa shape index (κ1) is 20.6. The molecule has 1 unspecified atom stereocenters. The summed E-state index contributed by atoms with van der Waals surface area (Å²) in [6.07, 6.45) is -2.58. The topological polar surface area (TPSA) is 58.1 Å². The molecule has 1 saturated heterocycles. The second-order valence-electron chi connectivity index (χ2n) is 7.06. The fourth-order valence-electron chi connectivity index (χ4n) is 3.36. The Morgan fingerprint density at radius 3 is 2.79 bits per heavy atom. The predicted octanol–water partition coefficient (Wildman–Crippen LogP) is 3.11. The predicted molar refractivity (Wildman–Crippen MR) is 102 cm³/mol. The minimum atomic E-state index is -4.15. The first-order valence-corrected chi connectivity index (χ1v) is 9.67. The molecule has 2 aliphatic rings. The van der Waals surface area contributed by atoms with Crippen LogP contribution in [0.1, 0.15) is 19.8 Å². The minimum Gasteiger partial charge on any atom is -0.490 e. The number of benzene rings is 1. The third kappa shape index (κ3) is 6.19. The molecule has 0 bridgehead atoms. The van der Waals surface area contributed by atoms with Crippen LogP contribution in [0, 0.1) is 5.92 Å². The first-order chi connectivity index (χ1) is 13.4. The Morgan fingerprint density at radius 2 is 2.04 bits per heavy atom. The molecule has 3 rings (SSSR count). The van der Waals surface area contributed by atoms with Gasteiger partial charge in [0.25, 0.3) is 0 Å². The Labute approximate surface area is 163 Å². The summed E-state index contributed by atoms with van der Waals surface area (Å²) in [4.78, 5) is 6.02. The summed E-state index contributed by atoms with van der Waals surface area (Å²) in [6.45, 7) is 4.42. The van der Waals surface area contributed by atoms with Gasteiger partial charge in [0.05, 0.1) is 19.8 Å². The molecule has 0 aliphatic carbocycles. The van der Waals surface area contributed by atoms with Crippen molar-refractivity contribution in [1.82, 2.24) is 10.2 Å². The summed E-state index contributed by atoms with van der Waals surface area (Å²) in [7, 11) is 0. The number of nitrogens with zero attached hydrogens (tertiary/aromatic N) is 2. The lowest BCUT2D eigenvalue weighted by molar-refractivity contribution is -0.143. The van der Waals surface area contributed by atoms with Crippen molar-refractivity contribution < 1.29 is 22.6 Å². The Bertz CT molecular complexity index is 682. The number of hydrogen-bond donors (Lipinski definition) is 2. The summed E-state index contributed by atoms with van der Waals surface area (Å²) >= 11 is 0. The van der Waals surface area contributed by atoms with E-state index < -0.39 is 12.7 Å². The van der Waals surface area contributed by atoms with Gasteiger partial charge in [0.2, 0.25) is 0 Å². The van der Waals surface area contributed by atoms with Gasteiger partial charge in [-0.3, -0.25) is 9.89 Å². The zero-order valence-corrected chi connectivity index (χ0v) is 16.0. The van der Waals surface area contributed by atoms with Gasteiger partial charge in [-0.25, -0.2) is 0 Å². The highest BCUT2D eigenvalue weighted by Crippen LogP contribution is 2.32. The van der Waals surface area contributed by atoms with Crippen molar-refractivity contribution in [3.05, 3.63) is 18.2 Å². The lowest BCUT2D eigenvalue weighted by Gasteiger charge is -2.17. The number of hydrogen-bond acceptors (Lipinski definition) is 4. The molecule has 1 aromatic carbocycles. The number of aliphatic imine (C=N–C) groups is 1. The van der Waals surface area contributed by atoms with Crippen LogP contribution in [0.5, 0.6) is 11.5 Å². The van der Waals surface area contributed by atoms with E-state index in [4.69, 9.17) is 9.47 Å². The number of guanidine groups is 1. The second kappa shape index (κ2) is 9.36. The van der Waals surface area contributed by atoms with Gasteiger partial charge in [-0.2, -0.15) is 13.2 Å². The van der Waals surface area contributed by atoms with Crippen LogP contribution < -0.4 is 20.1 Å². The standard InChI is InChI=1S/C19H27F3N4O2/c1-2-23-18(24-11-14-6-7-26(12-14)13-19(20,21)22)25-15-4-5-16-17(10-15)28-9-3-8-27-16/h4-5,10,14H,2-3,6-9,11-13H2,1H3,(H2,23,24,25). The zero-order valence-electron chi connectivity index (χ0n) is 16.0. The molecule has 2 heterocycles. The molecule has 1 fully saturated rings. The van der Waals surface area contributed by atoms with Crippen molar-refractivity contribution in [2.45, 2.75) is 25.9 Å². The van der Waals surface area contributed by atoms with Crippen molar-refractivity contribution in [3.63, 3.8) is 0 Å². The van der Waals surface area contributed by atoms with E-state index in [1.54, 1.807) is 0 Å². The number of alkyl halides is 3. The molecule has 0 aromatic heterocycles. The van der Waals surface area contributed by atoms with Crippen LogP contribution in [-0.2, 0) is 0 Å². The average molecular weight is 400 g/mol. The van der Waals surface area contributed by atoms with E-state index >= 15 is 0 Å². The van der Waals surface area contributed by atoms with E-state index in [1.807, 2.05) is 25.1 Å². The smallest absolute Gasteiger partial charge is 0.401 e. The van der Waals surface area contributed by atoms with E-state index in [2.05, 4.69) is 15.6 Å². The molecular formula is C19H27F3N4O2. The highest BCUT2D eigenvalue weighted by atomic mass is 19.4. The van der Waals surface area contributed by atoms with E-state index in [-0.39, 0.29) is 5.92 Å². The number of rotatable bonds is 5. The van der Waals surface area contributed by atoms with E-state index in [1.165, 1.54) is 4.90 Å². The van der Waals surface area contributed by atoms with Crippen molar-refractivity contribution in [3.8, 4) is 11.5 Å². The van der Waals surface area contributed by atoms with E-state index in [0.29, 0.717) is 51.1 Å². The minimum absolute atomic E-state index is 0.126. The second-order valence-corrected chi connectivity index (χ2v) is 7.06. The summed E-state index contributed by atoms with van der Waals surface area (Å²) in [5.41, 5.74) is 0.814. The van der Waals surface area contributed by atoms with E-state index in [9.17, 15) is 13.2 Å².